The van der Waals surface area contributed by atoms with Gasteiger partial charge >= 0.3 is 0 Å². The third-order valence-corrected chi connectivity index (χ3v) is 26.4. The van der Waals surface area contributed by atoms with Crippen LogP contribution in [0.2, 0.25) is 0 Å². The van der Waals surface area contributed by atoms with E-state index in [1.165, 1.54) is 123 Å². The first-order valence-corrected chi connectivity index (χ1v) is 36.7. The number of benzene rings is 10. The van der Waals surface area contributed by atoms with Gasteiger partial charge in [-0.3, -0.25) is 0 Å². The number of hydrogen-bond donors (Lipinski definition) is 0. The van der Waals surface area contributed by atoms with Crippen molar-refractivity contribution in [1.82, 2.24) is 0 Å². The van der Waals surface area contributed by atoms with E-state index in [2.05, 4.69) is 263 Å². The van der Waals surface area contributed by atoms with Crippen LogP contribution >= 0.6 is 0 Å². The molecule has 12 aliphatic rings. The lowest BCUT2D eigenvalue weighted by atomic mass is 9.26. The van der Waals surface area contributed by atoms with E-state index in [-0.39, 0.29) is 72.8 Å². The highest BCUT2D eigenvalue weighted by Crippen LogP contribution is 2.59. The van der Waals surface area contributed by atoms with Crippen LogP contribution in [0.4, 0.5) is 68.2 Å². The molecule has 0 atom stereocenters. The molecule has 0 radical (unpaired) electrons. The van der Waals surface area contributed by atoms with Crippen molar-refractivity contribution < 1.29 is 0 Å². The summed E-state index contributed by atoms with van der Waals surface area (Å²) in [6, 6.07) is 46.5. The molecule has 0 fully saturated rings. The van der Waals surface area contributed by atoms with Crippen molar-refractivity contribution in [2.45, 2.75) is 157 Å². The predicted molar refractivity (Wildman–Crippen MR) is 422 cm³/mol. The van der Waals surface area contributed by atoms with Crippen molar-refractivity contribution >= 4 is 206 Å². The standard InChI is InChI=1S/C84H84B6N6/c1-79(2,3)43-21-27-57-49(31-43)87-41-91-37-85-39-94-56-26-20-46(82(10,11)12)34-52(56)90-54-36-48(84(16,17)18)24-30-60(54)96-58-28-22-44(80(4,5)6)32-50(58)88-42-92-38-86-40-93-55-25-19-45(81(7,8)9)33-51(55)89-53-35-47(83(13,14)15)23-29-59(53)95(57)77-69(87)65-63(75(93)71(77)89)67(86)62-61(73(65)91)68(85)64-66(74(62)92)70(88)78(96)72(90)76(64)94/h19-36H,37-42H2,1-18H3. The maximum absolute atomic E-state index is 3.03. The molecule has 0 saturated heterocycles. The normalized spacial score (nSPS) is 17.8. The summed E-state index contributed by atoms with van der Waals surface area (Å²) in [7, 11) is 0. The molecular formula is C84H84B6N6. The van der Waals surface area contributed by atoms with Crippen LogP contribution in [0.25, 0.3) is 32.3 Å². The molecule has 0 aromatic heterocycles. The zero-order chi connectivity index (χ0) is 65.7. The minimum Gasteiger partial charge on any atom is -0.384 e. The Morgan fingerprint density at radius 3 is 0.823 bits per heavy atom. The van der Waals surface area contributed by atoms with Crippen LogP contribution in [-0.2, 0) is 32.5 Å². The van der Waals surface area contributed by atoms with Gasteiger partial charge in [-0.1, -0.05) is 208 Å². The number of rotatable bonds is 0. The average molecular weight is 1240 g/mol. The molecule has 12 heteroatoms. The first kappa shape index (κ1) is 56.2. The highest BCUT2D eigenvalue weighted by Gasteiger charge is 2.60. The zero-order valence-corrected chi connectivity index (χ0v) is 59.8. The van der Waals surface area contributed by atoms with Crippen molar-refractivity contribution in [3.8, 4) is 0 Å². The minimum absolute atomic E-state index is 0.0169. The summed E-state index contributed by atoms with van der Waals surface area (Å²) < 4.78 is 0. The predicted octanol–water partition coefficient (Wildman–Crippen LogP) is 10.6. The lowest BCUT2D eigenvalue weighted by Crippen LogP contribution is -2.73. The lowest BCUT2D eigenvalue weighted by Gasteiger charge is -2.57. The Morgan fingerprint density at radius 1 is 0.250 bits per heavy atom. The molecule has 0 amide bonds. The summed E-state index contributed by atoms with van der Waals surface area (Å²) in [6.45, 7) is 44.7. The van der Waals surface area contributed by atoms with E-state index in [0.29, 0.717) is 0 Å². The number of fused-ring (bicyclic) bond motifs is 18. The Bertz CT molecular complexity index is 5150. The van der Waals surface area contributed by atoms with E-state index in [1.54, 1.807) is 76.5 Å². The largest absolute Gasteiger partial charge is 0.384 e. The van der Waals surface area contributed by atoms with E-state index >= 15 is 0 Å². The molecule has 22 rings (SSSR count). The van der Waals surface area contributed by atoms with E-state index in [1.807, 2.05) is 0 Å². The van der Waals surface area contributed by atoms with Crippen LogP contribution in [0.15, 0.2) is 109 Å². The Balaban J connectivity index is 0.949. The molecule has 12 aliphatic heterocycles. The van der Waals surface area contributed by atoms with E-state index in [4.69, 9.17) is 0 Å². The van der Waals surface area contributed by atoms with Gasteiger partial charge in [-0.25, -0.2) is 0 Å². The van der Waals surface area contributed by atoms with Crippen molar-refractivity contribution in [1.29, 1.82) is 0 Å². The van der Waals surface area contributed by atoms with Gasteiger partial charge in [-0.05, 0) is 157 Å². The van der Waals surface area contributed by atoms with Crippen molar-refractivity contribution in [3.63, 3.8) is 0 Å². The average Bonchev–Trinajstić information content (AvgIpc) is 0.637. The van der Waals surface area contributed by atoms with Gasteiger partial charge in [0.15, 0.2) is 0 Å². The minimum atomic E-state index is -0.0286. The molecule has 96 heavy (non-hydrogen) atoms. The first-order valence-electron chi connectivity index (χ1n) is 36.7. The van der Waals surface area contributed by atoms with Crippen LogP contribution in [0.1, 0.15) is 158 Å². The molecular weight excluding hydrogens is 1160 g/mol. The Hall–Kier alpha value is -7.83. The van der Waals surface area contributed by atoms with E-state index in [0.717, 1.165) is 38.7 Å². The molecule has 10 aromatic rings. The molecule has 0 bridgehead atoms. The fourth-order valence-corrected chi connectivity index (χ4v) is 21.9. The van der Waals surface area contributed by atoms with Gasteiger partial charge in [-0.15, -0.1) is 0 Å². The summed E-state index contributed by atoms with van der Waals surface area (Å²) in [5.41, 5.74) is 44.4. The van der Waals surface area contributed by atoms with Crippen LogP contribution in [0, 0.1) is 0 Å². The fraction of sp³-hybridized carbons (Fsp3) is 0.357. The summed E-state index contributed by atoms with van der Waals surface area (Å²) in [6.07, 6.45) is 5.84. The van der Waals surface area contributed by atoms with Gasteiger partial charge in [0.05, 0.1) is 11.4 Å². The van der Waals surface area contributed by atoms with Gasteiger partial charge in [0.1, 0.15) is 0 Å². The topological polar surface area (TPSA) is 19.4 Å². The third-order valence-electron chi connectivity index (χ3n) is 26.4. The van der Waals surface area contributed by atoms with E-state index in [9.17, 15) is 0 Å². The monoisotopic (exact) mass is 1240 g/mol. The van der Waals surface area contributed by atoms with Gasteiger partial charge in [0, 0.05) is 128 Å². The van der Waals surface area contributed by atoms with E-state index < -0.39 is 0 Å². The van der Waals surface area contributed by atoms with Gasteiger partial charge in [0.2, 0.25) is 26.9 Å². The highest BCUT2D eigenvalue weighted by molar-refractivity contribution is 7.05. The summed E-state index contributed by atoms with van der Waals surface area (Å²) in [5, 5.41) is 9.54. The quantitative estimate of drug-likeness (QED) is 0.111. The molecule has 6 nitrogen and oxygen atoms in total. The number of hydrogen-bond acceptors (Lipinski definition) is 6. The first-order chi connectivity index (χ1) is 45.4. The third kappa shape index (κ3) is 6.50. The Labute approximate surface area is 570 Å². The lowest BCUT2D eigenvalue weighted by molar-refractivity contribution is 0.590. The van der Waals surface area contributed by atoms with Crippen LogP contribution in [0.3, 0.4) is 0 Å². The molecule has 0 spiro atoms. The molecule has 0 N–H and O–H groups in total. The summed E-state index contributed by atoms with van der Waals surface area (Å²) >= 11 is 0. The van der Waals surface area contributed by atoms with Gasteiger partial charge < -0.3 is 29.4 Å². The van der Waals surface area contributed by atoms with Crippen LogP contribution in [0.5, 0.6) is 0 Å². The van der Waals surface area contributed by atoms with Crippen molar-refractivity contribution in [2.75, 3.05) is 68.1 Å². The molecule has 0 aliphatic carbocycles. The fourth-order valence-electron chi connectivity index (χ4n) is 21.9. The smallest absolute Gasteiger partial charge is 0.252 e. The van der Waals surface area contributed by atoms with Crippen LogP contribution < -0.4 is 95.0 Å². The molecule has 468 valence electrons. The van der Waals surface area contributed by atoms with Crippen LogP contribution in [-0.4, -0.2) is 78.9 Å². The molecule has 10 aromatic carbocycles. The maximum atomic E-state index is 3.03. The Kier molecular flexibility index (Phi) is 9.85. The molecule has 0 saturated carbocycles. The van der Waals surface area contributed by atoms with Gasteiger partial charge in [-0.2, -0.15) is 0 Å². The van der Waals surface area contributed by atoms with Gasteiger partial charge in [0.25, 0.3) is 13.4 Å². The number of nitrogens with zero attached hydrogens (tertiary/aromatic N) is 6. The summed E-state index contributed by atoms with van der Waals surface area (Å²) in [5.74, 6) is 0. The molecule has 12 heterocycles. The second-order valence-corrected chi connectivity index (χ2v) is 38.0. The molecule has 0 unspecified atom stereocenters. The second kappa shape index (κ2) is 16.8. The maximum Gasteiger partial charge on any atom is 0.252 e. The highest BCUT2D eigenvalue weighted by atomic mass is 15.2. The zero-order valence-electron chi connectivity index (χ0n) is 59.8. The van der Waals surface area contributed by atoms with Crippen molar-refractivity contribution in [3.05, 3.63) is 143 Å². The summed E-state index contributed by atoms with van der Waals surface area (Å²) in [4.78, 5) is 17.6. The SMILES string of the molecule is CC(C)(C)c1ccc2c(c1)B1c3cc(C(C)(C)C)ccc3N3c4ccc(C(C)(C)C)cc4B4CN5CB6CN7c8ccc(C(C)(C)C)cc8B8c9cc(C(C)(C)C)ccc9N9c%10ccc(C(C)(C)C)cc%10B%10CN%11CB%12CN2c2c1c3c4c1c5c3c6c4c7c8c9c%10c4c%11c3c%12c21. The Morgan fingerprint density at radius 2 is 0.510 bits per heavy atom. The van der Waals surface area contributed by atoms with Crippen molar-refractivity contribution in [2.24, 2.45) is 0 Å². The second-order valence-electron chi connectivity index (χ2n) is 38.0. The number of anilines is 12.